The number of nitrogens with zero attached hydrogens (tertiary/aromatic N) is 1. The summed E-state index contributed by atoms with van der Waals surface area (Å²) in [5.41, 5.74) is 2.94. The van der Waals surface area contributed by atoms with Gasteiger partial charge in [0.25, 0.3) is 0 Å². The van der Waals surface area contributed by atoms with E-state index >= 15 is 0 Å². The topological polar surface area (TPSA) is 42.2 Å². The van der Waals surface area contributed by atoms with E-state index in [2.05, 4.69) is 0 Å². The van der Waals surface area contributed by atoms with Crippen molar-refractivity contribution in [1.82, 2.24) is 4.57 Å². The monoisotopic (exact) mass is 373 g/mol. The van der Waals surface area contributed by atoms with Gasteiger partial charge in [0.1, 0.15) is 0 Å². The van der Waals surface area contributed by atoms with E-state index in [0.717, 1.165) is 48.5 Å². The molecule has 3 nitrogen and oxygen atoms in total. The van der Waals surface area contributed by atoms with Crippen LogP contribution < -0.4 is 0 Å². The SMILES string of the molecule is O=C(O)c1ccccc1Cn1c2c(c3cc(C(F)(F)F)ccc31)CCCC2. The smallest absolute Gasteiger partial charge is 0.416 e. The lowest BCUT2D eigenvalue weighted by Gasteiger charge is -2.17. The van der Waals surface area contributed by atoms with Crippen molar-refractivity contribution >= 4 is 16.9 Å². The van der Waals surface area contributed by atoms with Gasteiger partial charge in [0.2, 0.25) is 0 Å². The molecule has 2 aromatic carbocycles. The zero-order chi connectivity index (χ0) is 19.2. The van der Waals surface area contributed by atoms with Crippen molar-refractivity contribution in [3.05, 3.63) is 70.4 Å². The van der Waals surface area contributed by atoms with E-state index in [1.54, 1.807) is 24.3 Å². The Morgan fingerprint density at radius 2 is 1.81 bits per heavy atom. The second-order valence-corrected chi connectivity index (χ2v) is 6.91. The van der Waals surface area contributed by atoms with Crippen LogP contribution in [0.5, 0.6) is 0 Å². The molecule has 0 atom stereocenters. The van der Waals surface area contributed by atoms with Gasteiger partial charge in [0.15, 0.2) is 0 Å². The molecule has 0 bridgehead atoms. The van der Waals surface area contributed by atoms with Crippen LogP contribution in [0.2, 0.25) is 0 Å². The Morgan fingerprint density at radius 3 is 2.56 bits per heavy atom. The summed E-state index contributed by atoms with van der Waals surface area (Å²) in [4.78, 5) is 11.5. The average Bonchev–Trinajstić information content (AvgIpc) is 2.95. The minimum atomic E-state index is -4.38. The van der Waals surface area contributed by atoms with Gasteiger partial charge in [0, 0.05) is 23.1 Å². The fourth-order valence-electron chi connectivity index (χ4n) is 4.03. The molecule has 1 aliphatic carbocycles. The molecule has 4 rings (SSSR count). The second kappa shape index (κ2) is 6.44. The van der Waals surface area contributed by atoms with Gasteiger partial charge in [-0.2, -0.15) is 13.2 Å². The normalized spacial score (nSPS) is 14.3. The number of rotatable bonds is 3. The van der Waals surface area contributed by atoms with Gasteiger partial charge >= 0.3 is 12.1 Å². The van der Waals surface area contributed by atoms with Crippen LogP contribution in [0.15, 0.2) is 42.5 Å². The summed E-state index contributed by atoms with van der Waals surface area (Å²) < 4.78 is 41.5. The first kappa shape index (κ1) is 17.6. The lowest BCUT2D eigenvalue weighted by Crippen LogP contribution is -2.12. The van der Waals surface area contributed by atoms with Crippen LogP contribution in [0.1, 0.15) is 45.6 Å². The van der Waals surface area contributed by atoms with Crippen LogP contribution in [-0.2, 0) is 25.6 Å². The third-order valence-corrected chi connectivity index (χ3v) is 5.28. The third kappa shape index (κ3) is 3.09. The number of benzene rings is 2. The van der Waals surface area contributed by atoms with Gasteiger partial charge in [-0.25, -0.2) is 4.79 Å². The fourth-order valence-corrected chi connectivity index (χ4v) is 4.03. The van der Waals surface area contributed by atoms with Crippen molar-refractivity contribution in [3.8, 4) is 0 Å². The summed E-state index contributed by atoms with van der Waals surface area (Å²) in [7, 11) is 0. The molecule has 1 N–H and O–H groups in total. The van der Waals surface area contributed by atoms with E-state index in [1.165, 1.54) is 12.1 Å². The van der Waals surface area contributed by atoms with Crippen LogP contribution in [0.25, 0.3) is 10.9 Å². The number of aryl methyl sites for hydroxylation is 1. The minimum Gasteiger partial charge on any atom is -0.478 e. The van der Waals surface area contributed by atoms with E-state index in [1.807, 2.05) is 4.57 Å². The number of carboxylic acids is 1. The molecule has 0 saturated carbocycles. The van der Waals surface area contributed by atoms with Crippen LogP contribution in [-0.4, -0.2) is 15.6 Å². The Hall–Kier alpha value is -2.76. The summed E-state index contributed by atoms with van der Waals surface area (Å²) in [6.07, 6.45) is -0.904. The predicted molar refractivity (Wildman–Crippen MR) is 96.1 cm³/mol. The average molecular weight is 373 g/mol. The Balaban J connectivity index is 1.90. The second-order valence-electron chi connectivity index (χ2n) is 6.91. The molecule has 0 amide bonds. The summed E-state index contributed by atoms with van der Waals surface area (Å²) >= 11 is 0. The lowest BCUT2D eigenvalue weighted by molar-refractivity contribution is -0.137. The molecular weight excluding hydrogens is 355 g/mol. The molecule has 0 saturated heterocycles. The quantitative estimate of drug-likeness (QED) is 0.678. The Morgan fingerprint density at radius 1 is 1.07 bits per heavy atom. The number of carbonyl (C=O) groups is 1. The van der Waals surface area contributed by atoms with E-state index < -0.39 is 17.7 Å². The van der Waals surface area contributed by atoms with Crippen molar-refractivity contribution in [3.63, 3.8) is 0 Å². The molecule has 0 fully saturated rings. The lowest BCUT2D eigenvalue weighted by atomic mass is 9.95. The highest BCUT2D eigenvalue weighted by Crippen LogP contribution is 2.37. The molecule has 6 heteroatoms. The van der Waals surface area contributed by atoms with Gasteiger partial charge < -0.3 is 9.67 Å². The molecular formula is C21H18F3NO2. The van der Waals surface area contributed by atoms with Crippen LogP contribution >= 0.6 is 0 Å². The minimum absolute atomic E-state index is 0.218. The standard InChI is InChI=1S/C21H18F3NO2/c22-21(23,24)14-9-10-19-17(11-14)16-7-3-4-8-18(16)25(19)12-13-5-1-2-6-15(13)20(26)27/h1-2,5-6,9-11H,3-4,7-8,12H2,(H,26,27). The summed E-state index contributed by atoms with van der Waals surface area (Å²) in [6.45, 7) is 0.333. The first-order valence-electron chi connectivity index (χ1n) is 8.88. The van der Waals surface area contributed by atoms with E-state index in [4.69, 9.17) is 0 Å². The molecule has 1 heterocycles. The zero-order valence-corrected chi connectivity index (χ0v) is 14.5. The number of hydrogen-bond donors (Lipinski definition) is 1. The maximum absolute atomic E-state index is 13.2. The maximum Gasteiger partial charge on any atom is 0.416 e. The number of aromatic carboxylic acids is 1. The van der Waals surface area contributed by atoms with E-state index in [-0.39, 0.29) is 5.56 Å². The largest absolute Gasteiger partial charge is 0.478 e. The molecule has 1 aromatic heterocycles. The Kier molecular flexibility index (Phi) is 4.21. The van der Waals surface area contributed by atoms with Crippen LogP contribution in [0.4, 0.5) is 13.2 Å². The highest BCUT2D eigenvalue weighted by atomic mass is 19.4. The molecule has 3 aromatic rings. The Labute approximate surface area is 154 Å². The van der Waals surface area contributed by atoms with Gasteiger partial charge in [0.05, 0.1) is 11.1 Å². The first-order chi connectivity index (χ1) is 12.9. The van der Waals surface area contributed by atoms with Crippen molar-refractivity contribution in [1.29, 1.82) is 0 Å². The molecule has 0 radical (unpaired) electrons. The van der Waals surface area contributed by atoms with Crippen molar-refractivity contribution in [2.75, 3.05) is 0 Å². The number of alkyl halides is 3. The van der Waals surface area contributed by atoms with Crippen molar-refractivity contribution in [2.45, 2.75) is 38.4 Å². The summed E-state index contributed by atoms with van der Waals surface area (Å²) in [6, 6.07) is 10.6. The molecule has 0 unspecified atom stereocenters. The van der Waals surface area contributed by atoms with Crippen molar-refractivity contribution < 1.29 is 23.1 Å². The summed E-state index contributed by atoms with van der Waals surface area (Å²) in [5, 5.41) is 10.1. The fraction of sp³-hybridized carbons (Fsp3) is 0.286. The van der Waals surface area contributed by atoms with Gasteiger partial charge in [-0.3, -0.25) is 0 Å². The number of hydrogen-bond acceptors (Lipinski definition) is 1. The predicted octanol–water partition coefficient (Wildman–Crippen LogP) is 5.29. The van der Waals surface area contributed by atoms with E-state index in [9.17, 15) is 23.1 Å². The third-order valence-electron chi connectivity index (χ3n) is 5.28. The van der Waals surface area contributed by atoms with E-state index in [0.29, 0.717) is 17.5 Å². The molecule has 0 spiro atoms. The van der Waals surface area contributed by atoms with Crippen LogP contribution in [0, 0.1) is 0 Å². The number of halogens is 3. The highest BCUT2D eigenvalue weighted by Gasteiger charge is 2.32. The van der Waals surface area contributed by atoms with Gasteiger partial charge in [-0.15, -0.1) is 0 Å². The number of fused-ring (bicyclic) bond motifs is 3. The van der Waals surface area contributed by atoms with Gasteiger partial charge in [-0.1, -0.05) is 18.2 Å². The Bertz CT molecular complexity index is 1030. The first-order valence-corrected chi connectivity index (χ1v) is 8.88. The number of aromatic nitrogens is 1. The number of carboxylic acid groups (broad SMARTS) is 1. The van der Waals surface area contributed by atoms with Crippen molar-refractivity contribution in [2.24, 2.45) is 0 Å². The molecule has 140 valence electrons. The highest BCUT2D eigenvalue weighted by molar-refractivity contribution is 5.90. The maximum atomic E-state index is 13.2. The van der Waals surface area contributed by atoms with Gasteiger partial charge in [-0.05, 0) is 61.1 Å². The molecule has 27 heavy (non-hydrogen) atoms. The van der Waals surface area contributed by atoms with Crippen LogP contribution in [0.3, 0.4) is 0 Å². The molecule has 0 aliphatic heterocycles. The molecule has 1 aliphatic rings. The summed E-state index contributed by atoms with van der Waals surface area (Å²) in [5.74, 6) is -1.00. The zero-order valence-electron chi connectivity index (χ0n) is 14.5.